The molecule has 0 saturated heterocycles. The lowest BCUT2D eigenvalue weighted by Gasteiger charge is -2.18. The lowest BCUT2D eigenvalue weighted by atomic mass is 9.96. The van der Waals surface area contributed by atoms with Crippen molar-refractivity contribution in [3.05, 3.63) is 34.9 Å². The SMILES string of the molecule is CCOC(=O)C1N=COC1c1cc(C)ccc1C. The summed E-state index contributed by atoms with van der Waals surface area (Å²) in [6, 6.07) is 5.49. The van der Waals surface area contributed by atoms with Crippen LogP contribution in [0.1, 0.15) is 29.7 Å². The Hall–Kier alpha value is -1.84. The highest BCUT2D eigenvalue weighted by molar-refractivity contribution is 5.80. The summed E-state index contributed by atoms with van der Waals surface area (Å²) >= 11 is 0. The van der Waals surface area contributed by atoms with Gasteiger partial charge in [0.05, 0.1) is 6.61 Å². The first-order chi connectivity index (χ1) is 8.63. The fraction of sp³-hybridized carbons (Fsp3) is 0.429. The van der Waals surface area contributed by atoms with Crippen LogP contribution >= 0.6 is 0 Å². The molecule has 4 heteroatoms. The molecule has 2 atom stereocenters. The molecule has 0 aromatic heterocycles. The molecule has 2 rings (SSSR count). The summed E-state index contributed by atoms with van der Waals surface area (Å²) in [5.41, 5.74) is 3.21. The lowest BCUT2D eigenvalue weighted by molar-refractivity contribution is -0.146. The summed E-state index contributed by atoms with van der Waals surface area (Å²) in [6.45, 7) is 6.14. The molecule has 1 aromatic rings. The molecule has 18 heavy (non-hydrogen) atoms. The Morgan fingerprint density at radius 1 is 1.44 bits per heavy atom. The Balaban J connectivity index is 2.27. The molecular weight excluding hydrogens is 230 g/mol. The maximum absolute atomic E-state index is 11.8. The molecule has 0 radical (unpaired) electrons. The summed E-state index contributed by atoms with van der Waals surface area (Å²) in [5.74, 6) is -0.336. The number of esters is 1. The number of nitrogens with zero attached hydrogens (tertiary/aromatic N) is 1. The molecule has 0 amide bonds. The Labute approximate surface area is 107 Å². The first-order valence-electron chi connectivity index (χ1n) is 6.04. The van der Waals surface area contributed by atoms with Crippen LogP contribution in [-0.2, 0) is 14.3 Å². The van der Waals surface area contributed by atoms with Gasteiger partial charge in [-0.15, -0.1) is 0 Å². The van der Waals surface area contributed by atoms with Gasteiger partial charge in [0.1, 0.15) is 0 Å². The van der Waals surface area contributed by atoms with Crippen molar-refractivity contribution in [2.24, 2.45) is 4.99 Å². The monoisotopic (exact) mass is 247 g/mol. The van der Waals surface area contributed by atoms with Crippen LogP contribution in [0.2, 0.25) is 0 Å². The molecule has 4 nitrogen and oxygen atoms in total. The molecule has 1 heterocycles. The quantitative estimate of drug-likeness (QED) is 0.770. The highest BCUT2D eigenvalue weighted by Gasteiger charge is 2.35. The summed E-state index contributed by atoms with van der Waals surface area (Å²) in [6.07, 6.45) is 0.970. The molecular formula is C14H17NO3. The van der Waals surface area contributed by atoms with E-state index in [1.165, 1.54) is 6.40 Å². The largest absolute Gasteiger partial charge is 0.473 e. The number of ether oxygens (including phenoxy) is 2. The summed E-state index contributed by atoms with van der Waals surface area (Å²) in [5, 5.41) is 0. The highest BCUT2D eigenvalue weighted by Crippen LogP contribution is 2.30. The predicted octanol–water partition coefficient (Wildman–Crippen LogP) is 2.33. The summed E-state index contributed by atoms with van der Waals surface area (Å²) in [4.78, 5) is 15.9. The van der Waals surface area contributed by atoms with Gasteiger partial charge in [0.2, 0.25) is 0 Å². The van der Waals surface area contributed by atoms with Crippen LogP contribution in [0.25, 0.3) is 0 Å². The van der Waals surface area contributed by atoms with E-state index >= 15 is 0 Å². The number of benzene rings is 1. The number of carbonyl (C=O) groups excluding carboxylic acids is 1. The molecule has 1 aliphatic rings. The van der Waals surface area contributed by atoms with Crippen molar-refractivity contribution in [2.45, 2.75) is 32.9 Å². The van der Waals surface area contributed by atoms with Gasteiger partial charge in [-0.25, -0.2) is 9.79 Å². The van der Waals surface area contributed by atoms with Gasteiger partial charge in [-0.3, -0.25) is 0 Å². The second-order valence-electron chi connectivity index (χ2n) is 4.37. The number of aliphatic imine (C=N–C) groups is 1. The molecule has 0 spiro atoms. The fourth-order valence-corrected chi connectivity index (χ4v) is 2.04. The van der Waals surface area contributed by atoms with E-state index in [-0.39, 0.29) is 12.1 Å². The van der Waals surface area contributed by atoms with E-state index in [1.807, 2.05) is 32.0 Å². The lowest BCUT2D eigenvalue weighted by Crippen LogP contribution is -2.26. The van der Waals surface area contributed by atoms with Crippen LogP contribution in [0.5, 0.6) is 0 Å². The van der Waals surface area contributed by atoms with Crippen LogP contribution in [0.4, 0.5) is 0 Å². The average Bonchev–Trinajstić information content (AvgIpc) is 2.81. The topological polar surface area (TPSA) is 47.9 Å². The van der Waals surface area contributed by atoms with Crippen LogP contribution in [0.15, 0.2) is 23.2 Å². The second-order valence-corrected chi connectivity index (χ2v) is 4.37. The van der Waals surface area contributed by atoms with Gasteiger partial charge in [-0.1, -0.05) is 23.8 Å². The minimum Gasteiger partial charge on any atom is -0.473 e. The molecule has 2 unspecified atom stereocenters. The Morgan fingerprint density at radius 3 is 2.94 bits per heavy atom. The van der Waals surface area contributed by atoms with Gasteiger partial charge in [0, 0.05) is 0 Å². The molecule has 0 saturated carbocycles. The van der Waals surface area contributed by atoms with E-state index in [9.17, 15) is 4.79 Å². The van der Waals surface area contributed by atoms with Crippen LogP contribution in [0.3, 0.4) is 0 Å². The standard InChI is InChI=1S/C14H17NO3/c1-4-17-14(16)12-13(18-8-15-12)11-7-9(2)5-6-10(11)3/h5-8,12-13H,4H2,1-3H3. The molecule has 0 N–H and O–H groups in total. The Bertz CT molecular complexity index is 482. The van der Waals surface area contributed by atoms with Crippen LogP contribution < -0.4 is 0 Å². The molecule has 1 aromatic carbocycles. The molecule has 1 aliphatic heterocycles. The smallest absolute Gasteiger partial charge is 0.335 e. The van der Waals surface area contributed by atoms with Crippen LogP contribution in [-0.4, -0.2) is 25.0 Å². The average molecular weight is 247 g/mol. The first-order valence-corrected chi connectivity index (χ1v) is 6.04. The minimum atomic E-state index is -0.592. The van der Waals surface area contributed by atoms with Crippen molar-refractivity contribution >= 4 is 12.4 Å². The van der Waals surface area contributed by atoms with Crippen molar-refractivity contribution in [2.75, 3.05) is 6.61 Å². The zero-order valence-electron chi connectivity index (χ0n) is 10.8. The maximum atomic E-state index is 11.8. The van der Waals surface area contributed by atoms with Gasteiger partial charge in [-0.2, -0.15) is 0 Å². The molecule has 0 aliphatic carbocycles. The van der Waals surface area contributed by atoms with Crippen molar-refractivity contribution in [1.82, 2.24) is 0 Å². The van der Waals surface area contributed by atoms with Gasteiger partial charge in [0.25, 0.3) is 0 Å². The van der Waals surface area contributed by atoms with E-state index in [4.69, 9.17) is 9.47 Å². The van der Waals surface area contributed by atoms with Gasteiger partial charge in [0.15, 0.2) is 18.5 Å². The third-order valence-corrected chi connectivity index (χ3v) is 2.99. The van der Waals surface area contributed by atoms with Crippen molar-refractivity contribution < 1.29 is 14.3 Å². The van der Waals surface area contributed by atoms with E-state index in [0.29, 0.717) is 6.61 Å². The Morgan fingerprint density at radius 2 is 2.22 bits per heavy atom. The molecule has 0 bridgehead atoms. The zero-order chi connectivity index (χ0) is 13.1. The maximum Gasteiger partial charge on any atom is 0.335 e. The fourth-order valence-electron chi connectivity index (χ4n) is 2.04. The third kappa shape index (κ3) is 2.37. The minimum absolute atomic E-state index is 0.336. The van der Waals surface area contributed by atoms with E-state index < -0.39 is 6.04 Å². The van der Waals surface area contributed by atoms with Crippen molar-refractivity contribution in [3.8, 4) is 0 Å². The number of hydrogen-bond donors (Lipinski definition) is 0. The van der Waals surface area contributed by atoms with Crippen molar-refractivity contribution in [1.29, 1.82) is 0 Å². The third-order valence-electron chi connectivity index (χ3n) is 2.99. The number of carbonyl (C=O) groups is 1. The molecule has 0 fully saturated rings. The number of hydrogen-bond acceptors (Lipinski definition) is 4. The summed E-state index contributed by atoms with van der Waals surface area (Å²) in [7, 11) is 0. The predicted molar refractivity (Wildman–Crippen MR) is 68.7 cm³/mol. The van der Waals surface area contributed by atoms with Gasteiger partial charge >= 0.3 is 5.97 Å². The van der Waals surface area contributed by atoms with Gasteiger partial charge < -0.3 is 9.47 Å². The zero-order valence-corrected chi connectivity index (χ0v) is 10.8. The van der Waals surface area contributed by atoms with E-state index in [2.05, 4.69) is 4.99 Å². The highest BCUT2D eigenvalue weighted by atomic mass is 16.5. The van der Waals surface area contributed by atoms with E-state index in [0.717, 1.165) is 16.7 Å². The van der Waals surface area contributed by atoms with Crippen LogP contribution in [0, 0.1) is 13.8 Å². The Kier molecular flexibility index (Phi) is 3.65. The van der Waals surface area contributed by atoms with Gasteiger partial charge in [-0.05, 0) is 31.9 Å². The number of rotatable bonds is 3. The number of aryl methyl sites for hydroxylation is 2. The van der Waals surface area contributed by atoms with E-state index in [1.54, 1.807) is 6.92 Å². The molecule has 96 valence electrons. The second kappa shape index (κ2) is 5.21. The normalized spacial score (nSPS) is 21.7. The first kappa shape index (κ1) is 12.6. The summed E-state index contributed by atoms with van der Waals surface area (Å²) < 4.78 is 10.5. The van der Waals surface area contributed by atoms with Crippen molar-refractivity contribution in [3.63, 3.8) is 0 Å².